The number of pyridine rings is 1. The molecule has 2 amide bonds. The number of hydrogen-bond acceptors (Lipinski definition) is 11. The van der Waals surface area contributed by atoms with Crippen molar-refractivity contribution in [3.8, 4) is 29.1 Å². The first kappa shape index (κ1) is 39.1. The quantitative estimate of drug-likeness (QED) is 0.218. The number of nitrogens with zero attached hydrogens (tertiary/aromatic N) is 7. The number of piperidine rings is 2. The molecule has 6 aliphatic heterocycles. The Morgan fingerprint density at radius 1 is 1.10 bits per heavy atom. The first-order chi connectivity index (χ1) is 28.5. The predicted octanol–water partition coefficient (Wildman–Crippen LogP) is 7.23. The molecule has 3 unspecified atom stereocenters. The van der Waals surface area contributed by atoms with Gasteiger partial charge in [-0.3, -0.25) is 9.88 Å². The van der Waals surface area contributed by atoms with Crippen LogP contribution in [0.15, 0.2) is 30.5 Å². The lowest BCUT2D eigenvalue weighted by molar-refractivity contribution is 0.107. The molecule has 2 aromatic heterocycles. The van der Waals surface area contributed by atoms with Gasteiger partial charge < -0.3 is 29.3 Å². The highest BCUT2D eigenvalue weighted by Gasteiger charge is 2.45. The molecule has 0 spiro atoms. The summed E-state index contributed by atoms with van der Waals surface area (Å²) in [4.78, 5) is 46.4. The summed E-state index contributed by atoms with van der Waals surface area (Å²) in [6.07, 6.45) is 4.88. The van der Waals surface area contributed by atoms with Crippen molar-refractivity contribution in [2.24, 2.45) is 5.92 Å². The normalized spacial score (nSPS) is 24.4. The summed E-state index contributed by atoms with van der Waals surface area (Å²) < 4.78 is 67.1. The van der Waals surface area contributed by atoms with Crippen molar-refractivity contribution in [2.75, 3.05) is 57.4 Å². The summed E-state index contributed by atoms with van der Waals surface area (Å²) in [7, 11) is 0. The van der Waals surface area contributed by atoms with Crippen molar-refractivity contribution in [3.05, 3.63) is 47.7 Å². The van der Waals surface area contributed by atoms with Crippen LogP contribution in [0.4, 0.5) is 28.6 Å². The molecule has 59 heavy (non-hydrogen) atoms. The van der Waals surface area contributed by atoms with Gasteiger partial charge in [-0.15, -0.1) is 0 Å². The molecule has 0 saturated carbocycles. The molecule has 10 rings (SSSR count). The Labute approximate surface area is 339 Å². The average molecular weight is 813 g/mol. The fourth-order valence-corrected chi connectivity index (χ4v) is 10.1. The predicted molar refractivity (Wildman–Crippen MR) is 212 cm³/mol. The van der Waals surface area contributed by atoms with Gasteiger partial charge in [0.05, 0.1) is 35.7 Å². The molecule has 13 nitrogen and oxygen atoms in total. The number of nitriles is 1. The standard InChI is InChI=1S/C43H47F3N8O5/c1-42-20-28(44)23-53(24-42)38-32-21-48-36(35(46)37(32)49-39(50-38)58-25-43-11-4-15-54(43)16-5-12-43)31-19-29(59-41(56)52-14-2-6-26(22-52)10-13-47)18-27-8-9-33(45)30(34(27)31)7-3-17-57-40(55)51-42/h8-9,18-19,21,26,28H,2-7,10-12,14-17,20,22-25H2,1H3,(H,51,55). The Morgan fingerprint density at radius 3 is 2.75 bits per heavy atom. The van der Waals surface area contributed by atoms with Gasteiger partial charge in [0.15, 0.2) is 5.82 Å². The van der Waals surface area contributed by atoms with Gasteiger partial charge in [0.2, 0.25) is 0 Å². The number of alkyl carbamates (subject to hydrolysis) is 1. The number of ether oxygens (including phenoxy) is 3. The molecule has 0 radical (unpaired) electrons. The van der Waals surface area contributed by atoms with Gasteiger partial charge in [0, 0.05) is 44.2 Å². The Bertz CT molecular complexity index is 2350. The average Bonchev–Trinajstić information content (AvgIpc) is 3.79. The van der Waals surface area contributed by atoms with E-state index in [1.54, 1.807) is 22.8 Å². The largest absolute Gasteiger partial charge is 0.461 e. The summed E-state index contributed by atoms with van der Waals surface area (Å²) in [5.41, 5.74) is -1.17. The number of carbonyl (C=O) groups is 2. The molecule has 4 saturated heterocycles. The van der Waals surface area contributed by atoms with Gasteiger partial charge in [-0.25, -0.2) is 22.8 Å². The van der Waals surface area contributed by atoms with Gasteiger partial charge in [-0.1, -0.05) is 6.07 Å². The summed E-state index contributed by atoms with van der Waals surface area (Å²) in [5.74, 6) is -1.08. The maximum atomic E-state index is 17.6. The van der Waals surface area contributed by atoms with Gasteiger partial charge in [0.25, 0.3) is 0 Å². The van der Waals surface area contributed by atoms with E-state index in [2.05, 4.69) is 26.3 Å². The van der Waals surface area contributed by atoms with Crippen LogP contribution in [0.5, 0.6) is 11.8 Å². The van der Waals surface area contributed by atoms with Crippen LogP contribution in [0.3, 0.4) is 0 Å². The Balaban J connectivity index is 1.19. The van der Waals surface area contributed by atoms with Crippen LogP contribution in [0.1, 0.15) is 70.3 Å². The number of anilines is 1. The molecule has 4 aromatic rings. The summed E-state index contributed by atoms with van der Waals surface area (Å²) in [6.45, 7) is 4.75. The molecule has 8 heterocycles. The lowest BCUT2D eigenvalue weighted by Crippen LogP contribution is -2.60. The summed E-state index contributed by atoms with van der Waals surface area (Å²) in [6, 6.07) is 8.01. The summed E-state index contributed by atoms with van der Waals surface area (Å²) >= 11 is 0. The van der Waals surface area contributed by atoms with E-state index < -0.39 is 35.5 Å². The molecular formula is C43H47F3N8O5. The maximum Gasteiger partial charge on any atom is 0.415 e. The van der Waals surface area contributed by atoms with E-state index in [9.17, 15) is 14.9 Å². The summed E-state index contributed by atoms with van der Waals surface area (Å²) in [5, 5.41) is 13.1. The fourth-order valence-electron chi connectivity index (χ4n) is 10.1. The highest BCUT2D eigenvalue weighted by Crippen LogP contribution is 2.42. The molecule has 6 aliphatic rings. The molecule has 16 heteroatoms. The highest BCUT2D eigenvalue weighted by molar-refractivity contribution is 6.02. The zero-order valence-electron chi connectivity index (χ0n) is 33.1. The Hall–Kier alpha value is -5.43. The Morgan fingerprint density at radius 2 is 1.93 bits per heavy atom. The number of aromatic nitrogens is 3. The second kappa shape index (κ2) is 15.6. The third-order valence-corrected chi connectivity index (χ3v) is 12.8. The minimum atomic E-state index is -1.38. The molecule has 4 fully saturated rings. The van der Waals surface area contributed by atoms with Crippen molar-refractivity contribution in [1.29, 1.82) is 5.26 Å². The van der Waals surface area contributed by atoms with Gasteiger partial charge in [0.1, 0.15) is 41.4 Å². The Kier molecular flexibility index (Phi) is 10.3. The number of hydrogen-bond donors (Lipinski definition) is 1. The number of halogens is 3. The second-order valence-electron chi connectivity index (χ2n) is 17.1. The van der Waals surface area contributed by atoms with E-state index in [0.29, 0.717) is 36.9 Å². The smallest absolute Gasteiger partial charge is 0.415 e. The van der Waals surface area contributed by atoms with E-state index in [4.69, 9.17) is 19.2 Å². The zero-order chi connectivity index (χ0) is 40.9. The van der Waals surface area contributed by atoms with Crippen LogP contribution < -0.4 is 19.7 Å². The van der Waals surface area contributed by atoms with Crippen LogP contribution in [-0.4, -0.2) is 107 Å². The van der Waals surface area contributed by atoms with E-state index in [1.165, 1.54) is 24.4 Å². The third kappa shape index (κ3) is 7.54. The van der Waals surface area contributed by atoms with Crippen LogP contribution in [-0.2, 0) is 11.2 Å². The lowest BCUT2D eigenvalue weighted by atomic mass is 9.90. The highest BCUT2D eigenvalue weighted by atomic mass is 19.1. The SMILES string of the molecule is CC12CC(F)CN(C1)c1nc(OCC34CCCN3CCC4)nc3c(F)c(ncc13)-c1cc(OC(=O)N3CCCC(CC#N)C3)cc3ccc(F)c(c13)CCCOC(=O)N2. The number of carbonyl (C=O) groups excluding carboxylic acids is 2. The monoisotopic (exact) mass is 812 g/mol. The van der Waals surface area contributed by atoms with Crippen LogP contribution in [0.25, 0.3) is 32.9 Å². The van der Waals surface area contributed by atoms with Crippen molar-refractivity contribution < 1.29 is 37.0 Å². The number of alkyl halides is 1. The number of benzene rings is 2. The van der Waals surface area contributed by atoms with Crippen molar-refractivity contribution in [1.82, 2.24) is 30.1 Å². The number of likely N-dealkylation sites (tertiary alicyclic amines) is 1. The number of nitrogens with one attached hydrogen (secondary N) is 1. The first-order valence-electron chi connectivity index (χ1n) is 20.7. The van der Waals surface area contributed by atoms with E-state index >= 15 is 13.2 Å². The van der Waals surface area contributed by atoms with Gasteiger partial charge in [-0.2, -0.15) is 15.2 Å². The molecule has 1 N–H and O–H groups in total. The number of rotatable bonds is 5. The fraction of sp³-hybridized carbons (Fsp3) is 0.535. The second-order valence-corrected chi connectivity index (χ2v) is 17.1. The first-order valence-corrected chi connectivity index (χ1v) is 20.7. The van der Waals surface area contributed by atoms with Gasteiger partial charge >= 0.3 is 18.2 Å². The number of aryl methyl sites for hydroxylation is 1. The van der Waals surface area contributed by atoms with E-state index in [-0.39, 0.29) is 95.7 Å². The molecule has 0 aliphatic carbocycles. The molecule has 2 aromatic carbocycles. The van der Waals surface area contributed by atoms with Gasteiger partial charge in [-0.05, 0) is 112 Å². The topological polar surface area (TPSA) is 146 Å². The van der Waals surface area contributed by atoms with E-state index in [0.717, 1.165) is 51.6 Å². The molecule has 310 valence electrons. The third-order valence-electron chi connectivity index (χ3n) is 12.8. The van der Waals surface area contributed by atoms with Crippen LogP contribution in [0.2, 0.25) is 0 Å². The van der Waals surface area contributed by atoms with Crippen molar-refractivity contribution >= 4 is 39.7 Å². The van der Waals surface area contributed by atoms with Crippen molar-refractivity contribution in [3.63, 3.8) is 0 Å². The van der Waals surface area contributed by atoms with Crippen molar-refractivity contribution in [2.45, 2.75) is 88.4 Å². The number of fused-ring (bicyclic) bond motifs is 7. The number of amides is 2. The minimum Gasteiger partial charge on any atom is -0.461 e. The van der Waals surface area contributed by atoms with Crippen LogP contribution in [0, 0.1) is 28.9 Å². The molecular weight excluding hydrogens is 766 g/mol. The minimum absolute atomic E-state index is 0.00766. The lowest BCUT2D eigenvalue weighted by Gasteiger charge is -2.42. The molecule has 6 bridgehead atoms. The van der Waals surface area contributed by atoms with E-state index in [1.807, 2.05) is 0 Å². The van der Waals surface area contributed by atoms with Crippen LogP contribution >= 0.6 is 0 Å². The maximum absolute atomic E-state index is 17.6. The molecule has 3 atom stereocenters. The zero-order valence-corrected chi connectivity index (χ0v) is 33.1.